The molecule has 0 bridgehead atoms. The lowest BCUT2D eigenvalue weighted by Crippen LogP contribution is -2.39. The first-order valence-electron chi connectivity index (χ1n) is 11.0. The number of hydrogen-bond acceptors (Lipinski definition) is 5. The molecule has 4 rings (SSSR count). The number of anilines is 1. The number of urea groups is 1. The number of imide groups is 1. The molecule has 0 spiro atoms. The van der Waals surface area contributed by atoms with Gasteiger partial charge in [-0.2, -0.15) is 5.10 Å². The Bertz CT molecular complexity index is 1320. The third-order valence-electron chi connectivity index (χ3n) is 6.04. The fraction of sp³-hybridized carbons (Fsp3) is 0.280. The Kier molecular flexibility index (Phi) is 6.56. The second-order valence-electron chi connectivity index (χ2n) is 8.38. The zero-order chi connectivity index (χ0) is 24.4. The largest absolute Gasteiger partial charge is 0.332 e. The van der Waals surface area contributed by atoms with Gasteiger partial charge in [0, 0.05) is 31.4 Å². The molecule has 1 aliphatic heterocycles. The minimum absolute atomic E-state index is 0.0879. The summed E-state index contributed by atoms with van der Waals surface area (Å²) < 4.78 is 14.8. The van der Waals surface area contributed by atoms with Crippen molar-refractivity contribution in [3.05, 3.63) is 82.5 Å². The first kappa shape index (κ1) is 23.3. The number of nitrogens with zero attached hydrogens (tertiary/aromatic N) is 4. The van der Waals surface area contributed by atoms with Gasteiger partial charge >= 0.3 is 6.03 Å². The van der Waals surface area contributed by atoms with E-state index in [2.05, 4.69) is 16.8 Å². The highest BCUT2D eigenvalue weighted by molar-refractivity contribution is 6.21. The molecule has 8 nitrogen and oxygen atoms in total. The van der Waals surface area contributed by atoms with Gasteiger partial charge in [0.2, 0.25) is 0 Å². The quantitative estimate of drug-likeness (QED) is 0.410. The Labute approximate surface area is 196 Å². The summed E-state index contributed by atoms with van der Waals surface area (Å²) in [5.41, 5.74) is 0.876. The van der Waals surface area contributed by atoms with Crippen LogP contribution in [0.25, 0.3) is 10.8 Å². The Morgan fingerprint density at radius 2 is 1.91 bits per heavy atom. The van der Waals surface area contributed by atoms with Crippen molar-refractivity contribution in [2.45, 2.75) is 19.4 Å². The molecular weight excluding hydrogens is 437 g/mol. The number of aromatic nitrogens is 2. The summed E-state index contributed by atoms with van der Waals surface area (Å²) in [5, 5.41) is 7.84. The summed E-state index contributed by atoms with van der Waals surface area (Å²) in [6.45, 7) is 6.88. The second kappa shape index (κ2) is 9.56. The van der Waals surface area contributed by atoms with Gasteiger partial charge in [-0.15, -0.1) is 6.58 Å². The Hall–Kier alpha value is -3.85. The number of aromatic amines is 1. The molecule has 1 N–H and O–H groups in total. The average molecular weight is 464 g/mol. The maximum absolute atomic E-state index is 14.8. The van der Waals surface area contributed by atoms with Crippen molar-refractivity contribution in [3.63, 3.8) is 0 Å². The van der Waals surface area contributed by atoms with E-state index in [9.17, 15) is 18.8 Å². The second-order valence-corrected chi connectivity index (χ2v) is 8.38. The van der Waals surface area contributed by atoms with Gasteiger partial charge in [-0.3, -0.25) is 9.59 Å². The zero-order valence-corrected chi connectivity index (χ0v) is 19.1. The molecule has 1 atom stereocenters. The van der Waals surface area contributed by atoms with Crippen molar-refractivity contribution in [1.29, 1.82) is 0 Å². The van der Waals surface area contributed by atoms with Crippen LogP contribution in [0.4, 0.5) is 14.9 Å². The molecule has 34 heavy (non-hydrogen) atoms. The fourth-order valence-corrected chi connectivity index (χ4v) is 4.15. The third kappa shape index (κ3) is 4.34. The molecular formula is C25H26FN5O3. The monoisotopic (exact) mass is 463 g/mol. The molecule has 0 saturated carbocycles. The smallest absolute Gasteiger partial charge is 0.311 e. The number of carbonyl (C=O) groups excluding carboxylic acids is 2. The molecule has 1 aromatic heterocycles. The normalized spacial score (nSPS) is 16.2. The summed E-state index contributed by atoms with van der Waals surface area (Å²) in [7, 11) is 1.89. The highest BCUT2D eigenvalue weighted by Gasteiger charge is 2.44. The number of fused-ring (bicyclic) bond motifs is 1. The van der Waals surface area contributed by atoms with Crippen LogP contribution in [0.3, 0.4) is 0 Å². The van der Waals surface area contributed by atoms with Gasteiger partial charge in [-0.05, 0) is 37.7 Å². The highest BCUT2D eigenvalue weighted by Crippen LogP contribution is 2.29. The van der Waals surface area contributed by atoms with E-state index in [0.29, 0.717) is 41.7 Å². The van der Waals surface area contributed by atoms with E-state index in [1.807, 2.05) is 18.0 Å². The molecule has 1 unspecified atom stereocenters. The standard InChI is InChI=1S/C25H26FN5O3/c1-4-11-29(3)12-13-30-16(2)24(33)31(25(30)34)22-15-17(9-10-20(22)26)14-21-18-7-5-6-8-19(18)23(32)28-27-21/h4-10,15-16H,1,11-14H2,2-3H3,(H,28,32). The number of nitrogens with one attached hydrogen (secondary N) is 1. The first-order valence-corrected chi connectivity index (χ1v) is 11.0. The number of hydrogen-bond donors (Lipinski definition) is 1. The van der Waals surface area contributed by atoms with Gasteiger partial charge in [0.15, 0.2) is 0 Å². The van der Waals surface area contributed by atoms with Crippen LogP contribution < -0.4 is 10.5 Å². The van der Waals surface area contributed by atoms with Crippen LogP contribution in [0.5, 0.6) is 0 Å². The average Bonchev–Trinajstić information content (AvgIpc) is 3.03. The number of H-pyrrole nitrogens is 1. The minimum atomic E-state index is -0.697. The van der Waals surface area contributed by atoms with Crippen molar-refractivity contribution >= 4 is 28.4 Å². The van der Waals surface area contributed by atoms with Gasteiger partial charge < -0.3 is 9.80 Å². The van der Waals surface area contributed by atoms with E-state index < -0.39 is 23.8 Å². The SMILES string of the molecule is C=CCN(C)CCN1C(=O)N(c2cc(Cc3n[nH]c(=O)c4ccccc34)ccc2F)C(=O)C1C. The van der Waals surface area contributed by atoms with E-state index in [0.717, 1.165) is 4.90 Å². The van der Waals surface area contributed by atoms with E-state index in [4.69, 9.17) is 0 Å². The number of benzene rings is 2. The summed E-state index contributed by atoms with van der Waals surface area (Å²) in [6.07, 6.45) is 2.04. The van der Waals surface area contributed by atoms with Crippen LogP contribution in [0, 0.1) is 5.82 Å². The van der Waals surface area contributed by atoms with Crippen LogP contribution in [0.1, 0.15) is 18.2 Å². The fourth-order valence-electron chi connectivity index (χ4n) is 4.15. The lowest BCUT2D eigenvalue weighted by molar-refractivity contribution is -0.119. The Morgan fingerprint density at radius 3 is 2.65 bits per heavy atom. The minimum Gasteiger partial charge on any atom is -0.311 e. The first-order chi connectivity index (χ1) is 16.3. The Balaban J connectivity index is 1.62. The van der Waals surface area contributed by atoms with Gasteiger partial charge in [0.25, 0.3) is 11.5 Å². The molecule has 2 aromatic carbocycles. The summed E-state index contributed by atoms with van der Waals surface area (Å²) in [6, 6.07) is 10.2. The summed E-state index contributed by atoms with van der Waals surface area (Å²) >= 11 is 0. The lowest BCUT2D eigenvalue weighted by atomic mass is 10.0. The topological polar surface area (TPSA) is 89.6 Å². The van der Waals surface area contributed by atoms with Gasteiger partial charge in [0.1, 0.15) is 11.9 Å². The maximum atomic E-state index is 14.8. The van der Waals surface area contributed by atoms with Gasteiger partial charge in [0.05, 0.1) is 16.8 Å². The van der Waals surface area contributed by atoms with Crippen LogP contribution in [0.15, 0.2) is 59.9 Å². The molecule has 176 valence electrons. The summed E-state index contributed by atoms with van der Waals surface area (Å²) in [4.78, 5) is 42.4. The predicted molar refractivity (Wildman–Crippen MR) is 128 cm³/mol. The zero-order valence-electron chi connectivity index (χ0n) is 19.1. The van der Waals surface area contributed by atoms with Crippen LogP contribution in [0.2, 0.25) is 0 Å². The van der Waals surface area contributed by atoms with Crippen LogP contribution >= 0.6 is 0 Å². The number of likely N-dealkylation sites (N-methyl/N-ethyl adjacent to an activating group) is 1. The third-order valence-corrected chi connectivity index (χ3v) is 6.04. The number of carbonyl (C=O) groups is 2. The number of rotatable bonds is 8. The van der Waals surface area contributed by atoms with E-state index in [-0.39, 0.29) is 17.7 Å². The van der Waals surface area contributed by atoms with Crippen molar-refractivity contribution in [2.75, 3.05) is 31.6 Å². The molecule has 2 heterocycles. The molecule has 3 aromatic rings. The molecule has 1 aliphatic rings. The van der Waals surface area contributed by atoms with E-state index in [1.165, 1.54) is 17.0 Å². The lowest BCUT2D eigenvalue weighted by Gasteiger charge is -2.23. The Morgan fingerprint density at radius 1 is 1.18 bits per heavy atom. The van der Waals surface area contributed by atoms with Crippen LogP contribution in [-0.4, -0.2) is 64.7 Å². The predicted octanol–water partition coefficient (Wildman–Crippen LogP) is 2.93. The van der Waals surface area contributed by atoms with Crippen molar-refractivity contribution in [1.82, 2.24) is 20.0 Å². The maximum Gasteiger partial charge on any atom is 0.332 e. The molecule has 0 aliphatic carbocycles. The van der Waals surface area contributed by atoms with Crippen molar-refractivity contribution in [3.8, 4) is 0 Å². The highest BCUT2D eigenvalue weighted by atomic mass is 19.1. The molecule has 0 radical (unpaired) electrons. The van der Waals surface area contributed by atoms with Crippen molar-refractivity contribution in [2.24, 2.45) is 0 Å². The molecule has 1 saturated heterocycles. The van der Waals surface area contributed by atoms with Gasteiger partial charge in [-0.25, -0.2) is 19.2 Å². The van der Waals surface area contributed by atoms with E-state index in [1.54, 1.807) is 37.3 Å². The number of halogens is 1. The summed E-state index contributed by atoms with van der Waals surface area (Å²) in [5.74, 6) is -1.14. The number of amides is 3. The van der Waals surface area contributed by atoms with Gasteiger partial charge in [-0.1, -0.05) is 30.3 Å². The molecule has 9 heteroatoms. The molecule has 3 amide bonds. The van der Waals surface area contributed by atoms with Crippen molar-refractivity contribution < 1.29 is 14.0 Å². The van der Waals surface area contributed by atoms with E-state index >= 15 is 0 Å². The van der Waals surface area contributed by atoms with Crippen LogP contribution in [-0.2, 0) is 11.2 Å². The molecule has 1 fully saturated rings.